The van der Waals surface area contributed by atoms with Crippen molar-refractivity contribution in [1.82, 2.24) is 0 Å². The summed E-state index contributed by atoms with van der Waals surface area (Å²) < 4.78 is 2.75. The highest BCUT2D eigenvalue weighted by molar-refractivity contribution is 7.30. The Hall–Kier alpha value is -3.62. The third-order valence-electron chi connectivity index (χ3n) is 12.6. The van der Waals surface area contributed by atoms with Gasteiger partial charge in [0.25, 0.3) is 0 Å². The molecule has 0 radical (unpaired) electrons. The number of hydrogen-bond acceptors (Lipinski definition) is 6. The molecule has 6 heteroatoms. The van der Waals surface area contributed by atoms with Gasteiger partial charge in [-0.1, -0.05) is 90.8 Å². The lowest BCUT2D eigenvalue weighted by molar-refractivity contribution is 0.448. The Bertz CT molecular complexity index is 3090. The van der Waals surface area contributed by atoms with Gasteiger partial charge in [0.2, 0.25) is 0 Å². The van der Waals surface area contributed by atoms with E-state index in [-0.39, 0.29) is 10.8 Å². The van der Waals surface area contributed by atoms with Crippen molar-refractivity contribution >= 4 is 121 Å². The van der Waals surface area contributed by atoms with Crippen molar-refractivity contribution in [2.45, 2.75) is 84.5 Å². The van der Waals surface area contributed by atoms with Crippen LogP contribution in [0.25, 0.3) is 91.5 Å². The number of unbranched alkanes of at least 4 members (excludes halogenated alkanes) is 1. The van der Waals surface area contributed by atoms with Crippen LogP contribution in [0, 0.1) is 0 Å². The fraction of sp³-hybridized carbons (Fsp3) is 0.255. The lowest BCUT2D eigenvalue weighted by Gasteiger charge is -2.24. The molecule has 0 atom stereocenters. The maximum Gasteiger partial charge on any atom is 0.0455 e. The zero-order valence-corrected chi connectivity index (χ0v) is 38.3. The Balaban J connectivity index is 0.929. The van der Waals surface area contributed by atoms with Crippen LogP contribution >= 0.6 is 68.0 Å². The van der Waals surface area contributed by atoms with E-state index in [4.69, 9.17) is 0 Å². The second-order valence-corrected chi connectivity index (χ2v) is 23.0. The first-order valence-corrected chi connectivity index (χ1v) is 25.2. The van der Waals surface area contributed by atoms with E-state index in [1.807, 2.05) is 68.0 Å². The van der Waals surface area contributed by atoms with E-state index >= 15 is 0 Å². The van der Waals surface area contributed by atoms with E-state index < -0.39 is 0 Å². The van der Waals surface area contributed by atoms with Crippen molar-refractivity contribution in [3.05, 3.63) is 119 Å². The van der Waals surface area contributed by atoms with Crippen LogP contribution in [0.4, 0.5) is 0 Å². The Morgan fingerprint density at radius 1 is 0.368 bits per heavy atom. The summed E-state index contributed by atoms with van der Waals surface area (Å²) in [6, 6.07) is 42.5. The molecule has 0 spiro atoms. The molecule has 6 aromatic heterocycles. The standard InChI is InChI=1S/C51H46S6/c1-7-10-27-50(4,5)48-26-25-45(57-48)44-22-21-41(54-44)40-19-20-42(53-40)43-23-24-46(55-43)47-28-36-34-13-11-31-30(32(34)15-17-38(36)52-47)12-14-35-33(31)16-18-39-37(35)29-49(56-39)51(6,8-2)9-3/h11-26,28-29H,7-10,27H2,1-6H3. The van der Waals surface area contributed by atoms with Gasteiger partial charge in [-0.15, -0.1) is 68.0 Å². The predicted molar refractivity (Wildman–Crippen MR) is 263 cm³/mol. The maximum atomic E-state index is 2.49. The quantitative estimate of drug-likeness (QED) is 0.114. The molecule has 0 fully saturated rings. The highest BCUT2D eigenvalue weighted by atomic mass is 32.1. The second kappa shape index (κ2) is 14.6. The zero-order chi connectivity index (χ0) is 39.1. The third-order valence-corrected chi connectivity index (χ3v) is 20.6. The van der Waals surface area contributed by atoms with Gasteiger partial charge >= 0.3 is 0 Å². The molecular weight excluding hydrogens is 805 g/mol. The highest BCUT2D eigenvalue weighted by Gasteiger charge is 2.26. The van der Waals surface area contributed by atoms with Crippen molar-refractivity contribution in [3.8, 4) is 39.0 Å². The van der Waals surface area contributed by atoms with Crippen LogP contribution in [0.2, 0.25) is 0 Å². The van der Waals surface area contributed by atoms with Crippen LogP contribution in [-0.2, 0) is 10.8 Å². The minimum Gasteiger partial charge on any atom is -0.140 e. The Morgan fingerprint density at radius 3 is 1.26 bits per heavy atom. The number of thiophene rings is 6. The monoisotopic (exact) mass is 850 g/mol. The second-order valence-electron chi connectivity index (χ2n) is 16.5. The van der Waals surface area contributed by atoms with E-state index in [0.717, 1.165) is 12.8 Å². The van der Waals surface area contributed by atoms with Gasteiger partial charge in [0.05, 0.1) is 0 Å². The van der Waals surface area contributed by atoms with Crippen LogP contribution in [-0.4, -0.2) is 0 Å². The van der Waals surface area contributed by atoms with E-state index in [0.29, 0.717) is 0 Å². The average Bonchev–Trinajstić information content (AvgIpc) is 4.08. The lowest BCUT2D eigenvalue weighted by atomic mass is 9.83. The molecular formula is C51H46S6. The van der Waals surface area contributed by atoms with Gasteiger partial charge in [0, 0.05) is 74.4 Å². The molecule has 0 saturated carbocycles. The van der Waals surface area contributed by atoms with Crippen LogP contribution < -0.4 is 0 Å². The molecule has 0 aliphatic carbocycles. The Morgan fingerprint density at radius 2 is 0.772 bits per heavy atom. The summed E-state index contributed by atoms with van der Waals surface area (Å²) in [6.45, 7) is 14.2. The summed E-state index contributed by atoms with van der Waals surface area (Å²) in [5.41, 5.74) is 0.478. The van der Waals surface area contributed by atoms with Gasteiger partial charge in [-0.25, -0.2) is 0 Å². The van der Waals surface area contributed by atoms with Crippen molar-refractivity contribution in [3.63, 3.8) is 0 Å². The van der Waals surface area contributed by atoms with Gasteiger partial charge in [-0.05, 0) is 130 Å². The summed E-state index contributed by atoms with van der Waals surface area (Å²) in [7, 11) is 0. The molecule has 0 bridgehead atoms. The molecule has 0 saturated heterocycles. The van der Waals surface area contributed by atoms with Gasteiger partial charge in [-0.2, -0.15) is 0 Å². The largest absolute Gasteiger partial charge is 0.140 e. The normalized spacial score (nSPS) is 12.7. The first-order chi connectivity index (χ1) is 27.7. The topological polar surface area (TPSA) is 0 Å². The SMILES string of the molecule is CCCCC(C)(C)c1ccc(-c2ccc(-c3ccc(-c4ccc(-c5cc6c(ccc7c6ccc6c8ccc9sc(C(C)(CC)CC)cc9c8ccc76)s5)s4)s3)s2)s1. The average molecular weight is 851 g/mol. The van der Waals surface area contributed by atoms with Crippen molar-refractivity contribution in [2.75, 3.05) is 0 Å². The highest BCUT2D eigenvalue weighted by Crippen LogP contribution is 2.48. The summed E-state index contributed by atoms with van der Waals surface area (Å²) in [6.07, 6.45) is 6.11. The van der Waals surface area contributed by atoms with Crippen molar-refractivity contribution in [2.24, 2.45) is 0 Å². The van der Waals surface area contributed by atoms with Gasteiger partial charge in [0.15, 0.2) is 0 Å². The molecule has 6 heterocycles. The van der Waals surface area contributed by atoms with Gasteiger partial charge in [0.1, 0.15) is 0 Å². The summed E-state index contributed by atoms with van der Waals surface area (Å²) >= 11 is 11.6. The maximum absolute atomic E-state index is 2.49. The lowest BCUT2D eigenvalue weighted by Crippen LogP contribution is -2.17. The third kappa shape index (κ3) is 6.47. The van der Waals surface area contributed by atoms with Crippen molar-refractivity contribution < 1.29 is 0 Å². The zero-order valence-electron chi connectivity index (χ0n) is 33.4. The summed E-state index contributed by atoms with van der Waals surface area (Å²) in [4.78, 5) is 13.9. The molecule has 10 rings (SSSR count). The molecule has 10 aromatic rings. The van der Waals surface area contributed by atoms with Crippen molar-refractivity contribution in [1.29, 1.82) is 0 Å². The number of hydrogen-bond donors (Lipinski definition) is 0. The van der Waals surface area contributed by atoms with E-state index in [1.165, 1.54) is 121 Å². The minimum atomic E-state index is 0.238. The molecule has 0 N–H and O–H groups in total. The fourth-order valence-corrected chi connectivity index (χ4v) is 15.4. The van der Waals surface area contributed by atoms with E-state index in [9.17, 15) is 0 Å². The van der Waals surface area contributed by atoms with E-state index in [1.54, 1.807) is 0 Å². The number of benzene rings is 4. The number of rotatable bonds is 11. The Kier molecular flexibility index (Phi) is 9.63. The molecule has 4 aromatic carbocycles. The summed E-state index contributed by atoms with van der Waals surface area (Å²) in [5, 5.41) is 10.9. The molecule has 0 amide bonds. The molecule has 0 aliphatic heterocycles. The van der Waals surface area contributed by atoms with Crippen LogP contribution in [0.1, 0.15) is 83.4 Å². The molecule has 0 aliphatic rings. The number of fused-ring (bicyclic) bond motifs is 9. The first-order valence-electron chi connectivity index (χ1n) is 20.3. The summed E-state index contributed by atoms with van der Waals surface area (Å²) in [5.74, 6) is 0. The van der Waals surface area contributed by atoms with Crippen LogP contribution in [0.3, 0.4) is 0 Å². The van der Waals surface area contributed by atoms with Gasteiger partial charge < -0.3 is 0 Å². The first kappa shape index (κ1) is 37.6. The molecule has 57 heavy (non-hydrogen) atoms. The van der Waals surface area contributed by atoms with Crippen LogP contribution in [0.5, 0.6) is 0 Å². The van der Waals surface area contributed by atoms with Gasteiger partial charge in [-0.3, -0.25) is 0 Å². The smallest absolute Gasteiger partial charge is 0.0455 e. The fourth-order valence-electron chi connectivity index (χ4n) is 8.48. The molecule has 286 valence electrons. The minimum absolute atomic E-state index is 0.238. The molecule has 0 unspecified atom stereocenters. The molecule has 0 nitrogen and oxygen atoms in total. The van der Waals surface area contributed by atoms with Crippen LogP contribution in [0.15, 0.2) is 109 Å². The predicted octanol–water partition coefficient (Wildman–Crippen LogP) is 19.0. The van der Waals surface area contributed by atoms with E-state index in [2.05, 4.69) is 151 Å². The Labute approximate surface area is 360 Å².